The highest BCUT2D eigenvalue weighted by molar-refractivity contribution is 6.05. The van der Waals surface area contributed by atoms with E-state index in [1.54, 1.807) is 6.92 Å². The van der Waals surface area contributed by atoms with E-state index >= 15 is 0 Å². The molecule has 4 heteroatoms. The summed E-state index contributed by atoms with van der Waals surface area (Å²) < 4.78 is 11.3. The molecule has 140 valence electrons. The number of aryl methyl sites for hydroxylation is 1. The van der Waals surface area contributed by atoms with Gasteiger partial charge in [-0.1, -0.05) is 56.0 Å². The van der Waals surface area contributed by atoms with Crippen LogP contribution in [-0.4, -0.2) is 30.4 Å². The van der Waals surface area contributed by atoms with Gasteiger partial charge in [0.25, 0.3) is 0 Å². The molecule has 27 heavy (non-hydrogen) atoms. The van der Waals surface area contributed by atoms with Crippen molar-refractivity contribution in [1.29, 1.82) is 0 Å². The van der Waals surface area contributed by atoms with Gasteiger partial charge in [-0.25, -0.2) is 4.79 Å². The van der Waals surface area contributed by atoms with Crippen LogP contribution in [-0.2, 0) is 16.0 Å². The molecule has 0 heterocycles. The number of benzene rings is 3. The van der Waals surface area contributed by atoms with Crippen LogP contribution in [0.2, 0.25) is 0 Å². The summed E-state index contributed by atoms with van der Waals surface area (Å²) in [5.41, 5.74) is 1.54. The lowest BCUT2D eigenvalue weighted by atomic mass is 9.99. The topological polar surface area (TPSA) is 55.8 Å². The molecule has 0 radical (unpaired) electrons. The lowest BCUT2D eigenvalue weighted by Gasteiger charge is -2.19. The van der Waals surface area contributed by atoms with Gasteiger partial charge in [0.1, 0.15) is 12.4 Å². The molecule has 4 nitrogen and oxygen atoms in total. The fraction of sp³-hybridized carbons (Fsp3) is 0.261. The van der Waals surface area contributed by atoms with Gasteiger partial charge in [0.05, 0.1) is 6.61 Å². The molecule has 3 aromatic carbocycles. The van der Waals surface area contributed by atoms with E-state index in [0.717, 1.165) is 33.7 Å². The summed E-state index contributed by atoms with van der Waals surface area (Å²) in [6.45, 7) is 7.00. The van der Waals surface area contributed by atoms with E-state index in [1.165, 1.54) is 5.56 Å². The summed E-state index contributed by atoms with van der Waals surface area (Å²) in [6, 6.07) is 16.5. The second-order valence-electron chi connectivity index (χ2n) is 6.64. The third-order valence-electron chi connectivity index (χ3n) is 4.52. The molecule has 0 aromatic heterocycles. The quantitative estimate of drug-likeness (QED) is 0.383. The summed E-state index contributed by atoms with van der Waals surface area (Å²) in [5.74, 6) is 0.198. The van der Waals surface area contributed by atoms with Gasteiger partial charge < -0.3 is 14.6 Å². The number of esters is 1. The van der Waals surface area contributed by atoms with E-state index in [1.807, 2.05) is 24.3 Å². The van der Waals surface area contributed by atoms with Crippen LogP contribution < -0.4 is 4.74 Å². The predicted molar refractivity (Wildman–Crippen MR) is 108 cm³/mol. The van der Waals surface area contributed by atoms with Crippen LogP contribution in [0.3, 0.4) is 0 Å². The number of aliphatic hydroxyl groups excluding tert-OH is 1. The fourth-order valence-corrected chi connectivity index (χ4v) is 3.01. The normalized spacial score (nSPS) is 12.1. The van der Waals surface area contributed by atoms with Crippen LogP contribution in [0.4, 0.5) is 0 Å². The molecular weight excluding hydrogens is 340 g/mol. The van der Waals surface area contributed by atoms with Gasteiger partial charge in [0.2, 0.25) is 0 Å². The van der Waals surface area contributed by atoms with Gasteiger partial charge in [0, 0.05) is 16.3 Å². The third-order valence-corrected chi connectivity index (χ3v) is 4.52. The average Bonchev–Trinajstić information content (AvgIpc) is 2.69. The Morgan fingerprint density at radius 3 is 2.56 bits per heavy atom. The van der Waals surface area contributed by atoms with Gasteiger partial charge in [-0.15, -0.1) is 0 Å². The Labute approximate surface area is 159 Å². The van der Waals surface area contributed by atoms with E-state index in [4.69, 9.17) is 9.47 Å². The first kappa shape index (κ1) is 18.9. The average molecular weight is 364 g/mol. The maximum Gasteiger partial charge on any atom is 0.333 e. The Hall–Kier alpha value is -2.85. The number of fused-ring (bicyclic) bond motifs is 2. The molecule has 0 amide bonds. The molecule has 1 atom stereocenters. The van der Waals surface area contributed by atoms with Crippen LogP contribution >= 0.6 is 0 Å². The van der Waals surface area contributed by atoms with Crippen LogP contribution in [0.15, 0.2) is 60.7 Å². The van der Waals surface area contributed by atoms with Crippen molar-refractivity contribution in [3.8, 4) is 5.75 Å². The second-order valence-corrected chi connectivity index (χ2v) is 6.64. The molecule has 0 saturated heterocycles. The van der Waals surface area contributed by atoms with E-state index in [9.17, 15) is 9.90 Å². The number of carbonyl (C=O) groups is 1. The minimum Gasteiger partial charge on any atom is -0.488 e. The van der Waals surface area contributed by atoms with Crippen molar-refractivity contribution >= 4 is 27.5 Å². The smallest absolute Gasteiger partial charge is 0.333 e. The number of hydrogen-bond acceptors (Lipinski definition) is 4. The predicted octanol–water partition coefficient (Wildman–Crippen LogP) is 4.41. The van der Waals surface area contributed by atoms with Gasteiger partial charge in [-0.05, 0) is 35.7 Å². The molecule has 0 saturated carbocycles. The lowest BCUT2D eigenvalue weighted by Crippen LogP contribution is -2.28. The molecule has 0 fully saturated rings. The molecule has 0 aliphatic carbocycles. The first-order chi connectivity index (χ1) is 13.0. The Morgan fingerprint density at radius 1 is 1.11 bits per heavy atom. The standard InChI is InChI=1S/C23H24O4/c1-4-16-9-10-21-18(11-16)12-17-7-5-6-8-20(17)22(21)26-14-19(13-24)27-23(25)15(2)3/h5-12,19,24H,2,4,13-14H2,1,3H3. The lowest BCUT2D eigenvalue weighted by molar-refractivity contribution is -0.147. The van der Waals surface area contributed by atoms with Gasteiger partial charge in [-0.3, -0.25) is 0 Å². The van der Waals surface area contributed by atoms with Crippen LogP contribution in [0.25, 0.3) is 21.5 Å². The van der Waals surface area contributed by atoms with Gasteiger partial charge >= 0.3 is 5.97 Å². The first-order valence-electron chi connectivity index (χ1n) is 9.08. The van der Waals surface area contributed by atoms with E-state index in [-0.39, 0.29) is 18.8 Å². The zero-order valence-corrected chi connectivity index (χ0v) is 15.7. The Morgan fingerprint density at radius 2 is 1.85 bits per heavy atom. The number of carbonyl (C=O) groups excluding carboxylic acids is 1. The van der Waals surface area contributed by atoms with Crippen LogP contribution in [0.1, 0.15) is 19.4 Å². The largest absolute Gasteiger partial charge is 0.488 e. The number of hydrogen-bond donors (Lipinski definition) is 1. The summed E-state index contributed by atoms with van der Waals surface area (Å²) in [5, 5.41) is 13.7. The van der Waals surface area contributed by atoms with Crippen molar-refractivity contribution in [3.63, 3.8) is 0 Å². The Bertz CT molecular complexity index is 990. The van der Waals surface area contributed by atoms with Crippen molar-refractivity contribution in [2.24, 2.45) is 0 Å². The SMILES string of the molecule is C=C(C)C(=O)OC(CO)COc1c2ccccc2cc2cc(CC)ccc12. The molecule has 1 N–H and O–H groups in total. The minimum atomic E-state index is -0.752. The van der Waals surface area contributed by atoms with Crippen LogP contribution in [0.5, 0.6) is 5.75 Å². The first-order valence-corrected chi connectivity index (χ1v) is 9.08. The summed E-state index contributed by atoms with van der Waals surface area (Å²) in [6.07, 6.45) is 0.209. The molecule has 3 rings (SSSR count). The van der Waals surface area contributed by atoms with Crippen molar-refractivity contribution < 1.29 is 19.4 Å². The van der Waals surface area contributed by atoms with Crippen molar-refractivity contribution in [1.82, 2.24) is 0 Å². The van der Waals surface area contributed by atoms with Crippen LogP contribution in [0, 0.1) is 0 Å². The Balaban J connectivity index is 1.98. The molecule has 0 bridgehead atoms. The molecule has 0 spiro atoms. The fourth-order valence-electron chi connectivity index (χ4n) is 3.01. The molecular formula is C23H24O4. The second kappa shape index (κ2) is 8.23. The van der Waals surface area contributed by atoms with E-state index < -0.39 is 12.1 Å². The maximum atomic E-state index is 11.7. The highest BCUT2D eigenvalue weighted by atomic mass is 16.6. The van der Waals surface area contributed by atoms with Gasteiger partial charge in [-0.2, -0.15) is 0 Å². The minimum absolute atomic E-state index is 0.0636. The van der Waals surface area contributed by atoms with E-state index in [0.29, 0.717) is 0 Å². The summed E-state index contributed by atoms with van der Waals surface area (Å²) >= 11 is 0. The monoisotopic (exact) mass is 364 g/mol. The number of rotatable bonds is 7. The van der Waals surface area contributed by atoms with Crippen molar-refractivity contribution in [3.05, 3.63) is 66.2 Å². The number of aliphatic hydroxyl groups is 1. The van der Waals surface area contributed by atoms with Crippen molar-refractivity contribution in [2.75, 3.05) is 13.2 Å². The number of ether oxygens (including phenoxy) is 2. The van der Waals surface area contributed by atoms with Crippen molar-refractivity contribution in [2.45, 2.75) is 26.4 Å². The molecule has 3 aromatic rings. The molecule has 0 aliphatic rings. The zero-order valence-electron chi connectivity index (χ0n) is 15.7. The highest BCUT2D eigenvalue weighted by Gasteiger charge is 2.17. The molecule has 0 aliphatic heterocycles. The van der Waals surface area contributed by atoms with Gasteiger partial charge in [0.15, 0.2) is 6.10 Å². The third kappa shape index (κ3) is 4.12. The zero-order chi connectivity index (χ0) is 19.4. The maximum absolute atomic E-state index is 11.7. The summed E-state index contributed by atoms with van der Waals surface area (Å²) in [7, 11) is 0. The molecule has 1 unspecified atom stereocenters. The summed E-state index contributed by atoms with van der Waals surface area (Å²) in [4.78, 5) is 11.7. The van der Waals surface area contributed by atoms with E-state index in [2.05, 4.69) is 37.8 Å². The Kier molecular flexibility index (Phi) is 5.77. The highest BCUT2D eigenvalue weighted by Crippen LogP contribution is 2.35.